The molecule has 0 spiro atoms. The van der Waals surface area contributed by atoms with E-state index < -0.39 is 85.2 Å². The lowest BCUT2D eigenvalue weighted by atomic mass is 10.0. The van der Waals surface area contributed by atoms with Crippen LogP contribution in [0.15, 0.2) is 0 Å². The monoisotopic (exact) mass is 684 g/mol. The Morgan fingerprint density at radius 2 is 0.979 bits per heavy atom. The number of amides is 4. The topological polar surface area (TPSA) is 209 Å². The number of carbonyl (C=O) groups excluding carboxylic acids is 6. The second-order valence-corrected chi connectivity index (χ2v) is 13.5. The van der Waals surface area contributed by atoms with Gasteiger partial charge in [-0.15, -0.1) is 0 Å². The maximum absolute atomic E-state index is 13.5. The number of nitrogens with one attached hydrogen (secondary N) is 4. The number of rotatable bonds is 14. The molecule has 6 N–H and O–H groups in total. The second-order valence-electron chi connectivity index (χ2n) is 13.5. The Morgan fingerprint density at radius 1 is 0.583 bits per heavy atom. The third kappa shape index (κ3) is 16.7. The number of cyclic esters (lactones) is 2. The molecule has 1 fully saturated rings. The minimum Gasteiger partial charge on any atom is -0.460 e. The standard InChI is InChI=1S/C34H60N4O10/c1-7-9-11-13-23-17-29(41)35-25(15-21(3)4)31(43)38-28(20-40)34(46)48-24(14-12-10-8-2)18-30(42)36-27(19-39)32(44)37-26(16-22(5)6)33(45)47-23/h21-28,39-40H,7-20H2,1-6H3,(H,35,41)(H,36,42)(H,37,44)(H,38,43). The molecular weight excluding hydrogens is 624 g/mol. The summed E-state index contributed by atoms with van der Waals surface area (Å²) in [5, 5.41) is 30.2. The van der Waals surface area contributed by atoms with Crippen LogP contribution in [-0.2, 0) is 38.2 Å². The molecule has 1 heterocycles. The van der Waals surface area contributed by atoms with Crippen molar-refractivity contribution in [2.75, 3.05) is 13.2 Å². The predicted molar refractivity (Wildman–Crippen MR) is 178 cm³/mol. The van der Waals surface area contributed by atoms with Gasteiger partial charge in [0.05, 0.1) is 26.1 Å². The Balaban J connectivity index is 3.51. The first kappa shape index (κ1) is 42.8. The molecular formula is C34H60N4O10. The van der Waals surface area contributed by atoms with Gasteiger partial charge in [0.2, 0.25) is 23.6 Å². The maximum atomic E-state index is 13.5. The van der Waals surface area contributed by atoms with Gasteiger partial charge in [0.1, 0.15) is 30.3 Å². The van der Waals surface area contributed by atoms with Crippen LogP contribution in [0.3, 0.4) is 0 Å². The second kappa shape index (κ2) is 23.2. The Morgan fingerprint density at radius 3 is 1.42 bits per heavy atom. The van der Waals surface area contributed by atoms with E-state index >= 15 is 0 Å². The zero-order valence-corrected chi connectivity index (χ0v) is 29.7. The fraction of sp³-hybridized carbons (Fsp3) is 0.824. The van der Waals surface area contributed by atoms with Crippen molar-refractivity contribution in [2.45, 2.75) is 155 Å². The summed E-state index contributed by atoms with van der Waals surface area (Å²) in [7, 11) is 0. The minimum atomic E-state index is -1.47. The first-order valence-electron chi connectivity index (χ1n) is 17.6. The highest BCUT2D eigenvalue weighted by Gasteiger charge is 2.33. The smallest absolute Gasteiger partial charge is 0.331 e. The summed E-state index contributed by atoms with van der Waals surface area (Å²) in [6, 6.07) is -5.07. The van der Waals surface area contributed by atoms with E-state index in [-0.39, 0.29) is 37.5 Å². The molecule has 0 aromatic rings. The highest BCUT2D eigenvalue weighted by atomic mass is 16.6. The van der Waals surface area contributed by atoms with Crippen LogP contribution in [0.2, 0.25) is 0 Å². The summed E-state index contributed by atoms with van der Waals surface area (Å²) in [6.07, 6.45) is 3.30. The highest BCUT2D eigenvalue weighted by Crippen LogP contribution is 2.17. The lowest BCUT2D eigenvalue weighted by Crippen LogP contribution is -2.55. The number of ether oxygens (including phenoxy) is 2. The predicted octanol–water partition coefficient (Wildman–Crippen LogP) is 1.78. The number of aliphatic hydroxyl groups is 2. The van der Waals surface area contributed by atoms with Crippen molar-refractivity contribution in [1.82, 2.24) is 21.3 Å². The Bertz CT molecular complexity index is 1040. The summed E-state index contributed by atoms with van der Waals surface area (Å²) in [5.41, 5.74) is 0. The SMILES string of the molecule is CCCCCC1CC(=O)NC(CO)C(=O)NC(CC(C)C)C(=O)OC(CCCCC)CC(=O)NC(CC(C)C)C(=O)NC(CO)C(=O)O1. The molecule has 0 radical (unpaired) electrons. The van der Waals surface area contributed by atoms with E-state index in [1.807, 2.05) is 41.5 Å². The highest BCUT2D eigenvalue weighted by molar-refractivity contribution is 5.92. The Kier molecular flexibility index (Phi) is 20.6. The molecule has 4 amide bonds. The van der Waals surface area contributed by atoms with Gasteiger partial charge in [0, 0.05) is 0 Å². The van der Waals surface area contributed by atoms with Crippen LogP contribution in [0.25, 0.3) is 0 Å². The van der Waals surface area contributed by atoms with Crippen molar-refractivity contribution in [3.63, 3.8) is 0 Å². The largest absolute Gasteiger partial charge is 0.460 e. The fourth-order valence-electron chi connectivity index (χ4n) is 5.37. The molecule has 0 saturated carbocycles. The number of esters is 2. The molecule has 1 saturated heterocycles. The molecule has 6 unspecified atom stereocenters. The van der Waals surface area contributed by atoms with Gasteiger partial charge < -0.3 is 41.0 Å². The lowest BCUT2D eigenvalue weighted by molar-refractivity contribution is -0.156. The van der Waals surface area contributed by atoms with Crippen LogP contribution in [-0.4, -0.2) is 95.4 Å². The third-order valence-corrected chi connectivity index (χ3v) is 7.94. The molecule has 1 rings (SSSR count). The van der Waals surface area contributed by atoms with Crippen molar-refractivity contribution >= 4 is 35.6 Å². The molecule has 1 aliphatic heterocycles. The lowest BCUT2D eigenvalue weighted by Gasteiger charge is -2.27. The summed E-state index contributed by atoms with van der Waals surface area (Å²) in [6.45, 7) is 9.87. The van der Waals surface area contributed by atoms with Gasteiger partial charge in [-0.2, -0.15) is 0 Å². The molecule has 6 atom stereocenters. The maximum Gasteiger partial charge on any atom is 0.331 e. The summed E-state index contributed by atoms with van der Waals surface area (Å²) < 4.78 is 11.4. The van der Waals surface area contributed by atoms with Crippen molar-refractivity contribution in [3.8, 4) is 0 Å². The number of carbonyl (C=O) groups is 6. The fourth-order valence-corrected chi connectivity index (χ4v) is 5.37. The molecule has 14 nitrogen and oxygen atoms in total. The third-order valence-electron chi connectivity index (χ3n) is 7.94. The van der Waals surface area contributed by atoms with Crippen LogP contribution in [0, 0.1) is 11.8 Å². The normalized spacial score (nSPS) is 25.9. The van der Waals surface area contributed by atoms with Crippen molar-refractivity contribution in [3.05, 3.63) is 0 Å². The number of hydrogen-bond acceptors (Lipinski definition) is 10. The van der Waals surface area contributed by atoms with E-state index in [0.717, 1.165) is 25.7 Å². The van der Waals surface area contributed by atoms with Crippen LogP contribution < -0.4 is 21.3 Å². The van der Waals surface area contributed by atoms with Crippen molar-refractivity contribution in [2.24, 2.45) is 11.8 Å². The van der Waals surface area contributed by atoms with Crippen LogP contribution in [0.5, 0.6) is 0 Å². The first-order chi connectivity index (χ1) is 22.7. The van der Waals surface area contributed by atoms with Gasteiger partial charge in [-0.25, -0.2) is 9.59 Å². The Hall–Kier alpha value is -3.26. The molecule has 1 aliphatic rings. The van der Waals surface area contributed by atoms with Crippen LogP contribution >= 0.6 is 0 Å². The van der Waals surface area contributed by atoms with E-state index in [0.29, 0.717) is 25.7 Å². The average molecular weight is 685 g/mol. The number of unbranched alkanes of at least 4 members (excludes halogenated alkanes) is 4. The van der Waals surface area contributed by atoms with E-state index in [9.17, 15) is 39.0 Å². The Labute approximate surface area is 285 Å². The number of hydrogen-bond donors (Lipinski definition) is 6. The molecule has 0 aromatic heterocycles. The van der Waals surface area contributed by atoms with E-state index in [2.05, 4.69) is 21.3 Å². The zero-order chi connectivity index (χ0) is 36.2. The van der Waals surface area contributed by atoms with Gasteiger partial charge in [0.15, 0.2) is 6.04 Å². The van der Waals surface area contributed by atoms with E-state index in [4.69, 9.17) is 9.47 Å². The van der Waals surface area contributed by atoms with Gasteiger partial charge in [-0.05, 0) is 50.4 Å². The van der Waals surface area contributed by atoms with Gasteiger partial charge >= 0.3 is 11.9 Å². The van der Waals surface area contributed by atoms with Crippen LogP contribution in [0.1, 0.15) is 119 Å². The first-order valence-corrected chi connectivity index (χ1v) is 17.6. The summed E-state index contributed by atoms with van der Waals surface area (Å²) in [5.74, 6) is -4.53. The molecule has 14 heteroatoms. The van der Waals surface area contributed by atoms with Gasteiger partial charge in [-0.3, -0.25) is 19.2 Å². The van der Waals surface area contributed by atoms with Crippen LogP contribution in [0.4, 0.5) is 0 Å². The van der Waals surface area contributed by atoms with Crippen molar-refractivity contribution < 1.29 is 48.5 Å². The minimum absolute atomic E-state index is 0.0334. The van der Waals surface area contributed by atoms with Gasteiger partial charge in [-0.1, -0.05) is 67.2 Å². The van der Waals surface area contributed by atoms with E-state index in [1.165, 1.54) is 0 Å². The van der Waals surface area contributed by atoms with Gasteiger partial charge in [0.25, 0.3) is 0 Å². The molecule has 48 heavy (non-hydrogen) atoms. The summed E-state index contributed by atoms with van der Waals surface area (Å²) >= 11 is 0. The zero-order valence-electron chi connectivity index (χ0n) is 29.7. The molecule has 0 aromatic carbocycles. The average Bonchev–Trinajstić information content (AvgIpc) is 3.00. The number of aliphatic hydroxyl groups excluding tert-OH is 2. The quantitative estimate of drug-likeness (QED) is 0.115. The summed E-state index contributed by atoms with van der Waals surface area (Å²) in [4.78, 5) is 79.5. The molecule has 0 bridgehead atoms. The molecule has 0 aliphatic carbocycles. The van der Waals surface area contributed by atoms with Crippen molar-refractivity contribution in [1.29, 1.82) is 0 Å². The molecule has 276 valence electrons. The van der Waals surface area contributed by atoms with E-state index in [1.54, 1.807) is 0 Å².